The van der Waals surface area contributed by atoms with Crippen molar-refractivity contribution in [2.75, 3.05) is 39.0 Å². The molecule has 1 saturated heterocycles. The van der Waals surface area contributed by atoms with Crippen molar-refractivity contribution in [3.8, 4) is 23.0 Å². The number of ether oxygens (including phenoxy) is 4. The van der Waals surface area contributed by atoms with E-state index in [4.69, 9.17) is 18.9 Å². The van der Waals surface area contributed by atoms with Gasteiger partial charge < -0.3 is 29.0 Å². The number of β-amino-alcohol motifs (C(OH)–C–C–N with tert-alkyl or cyclic N) is 1. The fraction of sp³-hybridized carbons (Fsp3) is 0.364. The summed E-state index contributed by atoms with van der Waals surface area (Å²) in [5.74, 6) is 3.43. The van der Waals surface area contributed by atoms with Gasteiger partial charge in [-0.1, -0.05) is 12.1 Å². The predicted octanol–water partition coefficient (Wildman–Crippen LogP) is 2.73. The zero-order chi connectivity index (χ0) is 20.7. The van der Waals surface area contributed by atoms with Crippen LogP contribution in [0, 0.1) is 0 Å². The SMILES string of the molecule is COc1ccc(C2CC(O)CN(c3ncnc4c5c(c(OC)cc34)OCO5)C2)cc1. The highest BCUT2D eigenvalue weighted by Gasteiger charge is 2.31. The number of aliphatic hydroxyl groups is 1. The summed E-state index contributed by atoms with van der Waals surface area (Å²) in [6.07, 6.45) is 1.75. The number of rotatable bonds is 4. The quantitative estimate of drug-likeness (QED) is 0.704. The fourth-order valence-electron chi connectivity index (χ4n) is 4.30. The van der Waals surface area contributed by atoms with Gasteiger partial charge in [-0.25, -0.2) is 9.97 Å². The molecule has 2 atom stereocenters. The third-order valence-corrected chi connectivity index (χ3v) is 5.73. The summed E-state index contributed by atoms with van der Waals surface area (Å²) in [5.41, 5.74) is 1.84. The van der Waals surface area contributed by atoms with Gasteiger partial charge in [0.1, 0.15) is 23.4 Å². The Morgan fingerprint density at radius 1 is 1.03 bits per heavy atom. The molecule has 1 N–H and O–H groups in total. The molecule has 0 radical (unpaired) electrons. The second-order valence-electron chi connectivity index (χ2n) is 7.50. The molecule has 0 aliphatic carbocycles. The zero-order valence-corrected chi connectivity index (χ0v) is 16.9. The average Bonchev–Trinajstić information content (AvgIpc) is 3.28. The smallest absolute Gasteiger partial charge is 0.231 e. The molecule has 1 fully saturated rings. The van der Waals surface area contributed by atoms with E-state index in [1.165, 1.54) is 6.33 Å². The van der Waals surface area contributed by atoms with Crippen LogP contribution in [0.3, 0.4) is 0 Å². The predicted molar refractivity (Wildman–Crippen MR) is 111 cm³/mol. The van der Waals surface area contributed by atoms with Crippen LogP contribution in [0.25, 0.3) is 10.9 Å². The van der Waals surface area contributed by atoms with Crippen LogP contribution in [0.2, 0.25) is 0 Å². The van der Waals surface area contributed by atoms with Crippen molar-refractivity contribution in [1.29, 1.82) is 0 Å². The van der Waals surface area contributed by atoms with E-state index >= 15 is 0 Å². The van der Waals surface area contributed by atoms with Crippen molar-refractivity contribution in [3.63, 3.8) is 0 Å². The number of fused-ring (bicyclic) bond motifs is 3. The molecular formula is C22H23N3O5. The first-order chi connectivity index (χ1) is 14.7. The Hall–Kier alpha value is -3.26. The molecule has 1 aromatic heterocycles. The Balaban J connectivity index is 1.54. The molecule has 2 aliphatic heterocycles. The zero-order valence-electron chi connectivity index (χ0n) is 16.9. The lowest BCUT2D eigenvalue weighted by Crippen LogP contribution is -2.42. The second kappa shape index (κ2) is 7.53. The number of aromatic nitrogens is 2. The highest BCUT2D eigenvalue weighted by Crippen LogP contribution is 2.47. The van der Waals surface area contributed by atoms with Crippen molar-refractivity contribution in [1.82, 2.24) is 9.97 Å². The van der Waals surface area contributed by atoms with E-state index in [-0.39, 0.29) is 12.7 Å². The summed E-state index contributed by atoms with van der Waals surface area (Å²) in [5, 5.41) is 11.4. The minimum Gasteiger partial charge on any atom is -0.497 e. The molecule has 0 saturated carbocycles. The molecule has 2 unspecified atom stereocenters. The molecule has 0 bridgehead atoms. The Kier molecular flexibility index (Phi) is 4.71. The number of methoxy groups -OCH3 is 2. The number of hydrogen-bond acceptors (Lipinski definition) is 8. The van der Waals surface area contributed by atoms with Gasteiger partial charge in [-0.2, -0.15) is 0 Å². The van der Waals surface area contributed by atoms with Gasteiger partial charge in [0.2, 0.25) is 12.5 Å². The van der Waals surface area contributed by atoms with Gasteiger partial charge in [0.05, 0.1) is 25.7 Å². The van der Waals surface area contributed by atoms with Gasteiger partial charge in [-0.05, 0) is 30.2 Å². The van der Waals surface area contributed by atoms with Gasteiger partial charge in [0.25, 0.3) is 0 Å². The Morgan fingerprint density at radius 2 is 1.83 bits per heavy atom. The van der Waals surface area contributed by atoms with Gasteiger partial charge in [0, 0.05) is 19.0 Å². The topological polar surface area (TPSA) is 86.2 Å². The molecule has 30 heavy (non-hydrogen) atoms. The summed E-state index contributed by atoms with van der Waals surface area (Å²) in [6, 6.07) is 9.89. The number of hydrogen-bond donors (Lipinski definition) is 1. The van der Waals surface area contributed by atoms with Crippen molar-refractivity contribution < 1.29 is 24.1 Å². The van der Waals surface area contributed by atoms with E-state index in [0.29, 0.717) is 35.7 Å². The van der Waals surface area contributed by atoms with Crippen molar-refractivity contribution in [3.05, 3.63) is 42.2 Å². The summed E-state index contributed by atoms with van der Waals surface area (Å²) in [4.78, 5) is 11.1. The van der Waals surface area contributed by atoms with Crippen LogP contribution in [-0.4, -0.2) is 55.3 Å². The minimum atomic E-state index is -0.466. The Labute approximate surface area is 174 Å². The molecule has 156 valence electrons. The maximum atomic E-state index is 10.6. The maximum absolute atomic E-state index is 10.6. The Morgan fingerprint density at radius 3 is 2.60 bits per heavy atom. The number of benzene rings is 2. The molecule has 2 aromatic carbocycles. The summed E-state index contributed by atoms with van der Waals surface area (Å²) in [6.45, 7) is 1.36. The van der Waals surface area contributed by atoms with Crippen molar-refractivity contribution in [2.45, 2.75) is 18.4 Å². The van der Waals surface area contributed by atoms with E-state index in [1.54, 1.807) is 14.2 Å². The lowest BCUT2D eigenvalue weighted by Gasteiger charge is -2.37. The first-order valence-corrected chi connectivity index (χ1v) is 9.86. The molecule has 0 amide bonds. The number of anilines is 1. The Bertz CT molecular complexity index is 1070. The van der Waals surface area contributed by atoms with E-state index in [2.05, 4.69) is 27.0 Å². The van der Waals surface area contributed by atoms with E-state index in [9.17, 15) is 5.11 Å². The minimum absolute atomic E-state index is 0.131. The van der Waals surface area contributed by atoms with Crippen LogP contribution in [0.4, 0.5) is 5.82 Å². The molecule has 0 spiro atoms. The number of piperidine rings is 1. The van der Waals surface area contributed by atoms with Crippen molar-refractivity contribution >= 4 is 16.7 Å². The fourth-order valence-corrected chi connectivity index (χ4v) is 4.30. The lowest BCUT2D eigenvalue weighted by molar-refractivity contribution is 0.144. The van der Waals surface area contributed by atoms with E-state index in [1.807, 2.05) is 18.2 Å². The van der Waals surface area contributed by atoms with Gasteiger partial charge in [-0.15, -0.1) is 0 Å². The standard InChI is InChI=1S/C22H23N3O5/c1-27-16-5-3-13(4-6-16)14-7-15(26)10-25(9-14)22-17-8-18(28-2)20-21(30-12-29-20)19(17)23-11-24-22/h3-6,8,11,14-15,26H,7,9-10,12H2,1-2H3. The summed E-state index contributed by atoms with van der Waals surface area (Å²) >= 11 is 0. The molecule has 3 heterocycles. The van der Waals surface area contributed by atoms with Gasteiger partial charge in [0.15, 0.2) is 11.5 Å². The van der Waals surface area contributed by atoms with E-state index in [0.717, 1.165) is 29.1 Å². The first kappa shape index (κ1) is 18.7. The van der Waals surface area contributed by atoms with Crippen LogP contribution in [0.15, 0.2) is 36.7 Å². The average molecular weight is 409 g/mol. The second-order valence-corrected chi connectivity index (χ2v) is 7.50. The highest BCUT2D eigenvalue weighted by atomic mass is 16.7. The third-order valence-electron chi connectivity index (χ3n) is 5.73. The largest absolute Gasteiger partial charge is 0.497 e. The summed E-state index contributed by atoms with van der Waals surface area (Å²) in [7, 11) is 3.25. The number of aliphatic hydroxyl groups excluding tert-OH is 1. The lowest BCUT2D eigenvalue weighted by atomic mass is 9.89. The van der Waals surface area contributed by atoms with E-state index < -0.39 is 6.10 Å². The monoisotopic (exact) mass is 409 g/mol. The molecule has 8 heteroatoms. The number of nitrogens with zero attached hydrogens (tertiary/aromatic N) is 3. The third kappa shape index (κ3) is 3.13. The first-order valence-electron chi connectivity index (χ1n) is 9.86. The highest BCUT2D eigenvalue weighted by molar-refractivity contribution is 5.97. The summed E-state index contributed by atoms with van der Waals surface area (Å²) < 4.78 is 22.0. The molecule has 8 nitrogen and oxygen atoms in total. The normalized spacial score (nSPS) is 20.4. The van der Waals surface area contributed by atoms with Crippen LogP contribution in [0.1, 0.15) is 17.9 Å². The van der Waals surface area contributed by atoms with Gasteiger partial charge in [-0.3, -0.25) is 0 Å². The molecular weight excluding hydrogens is 386 g/mol. The van der Waals surface area contributed by atoms with Crippen LogP contribution in [0.5, 0.6) is 23.0 Å². The van der Waals surface area contributed by atoms with Crippen LogP contribution >= 0.6 is 0 Å². The van der Waals surface area contributed by atoms with Crippen molar-refractivity contribution in [2.24, 2.45) is 0 Å². The maximum Gasteiger partial charge on any atom is 0.231 e. The molecule has 5 rings (SSSR count). The van der Waals surface area contributed by atoms with Crippen LogP contribution in [-0.2, 0) is 0 Å². The molecule has 2 aliphatic rings. The van der Waals surface area contributed by atoms with Gasteiger partial charge >= 0.3 is 0 Å². The molecule has 3 aromatic rings. The van der Waals surface area contributed by atoms with Crippen LogP contribution < -0.4 is 23.8 Å².